The lowest BCUT2D eigenvalue weighted by molar-refractivity contribution is -0.137. The van der Waals surface area contributed by atoms with Crippen LogP contribution < -0.4 is 9.50 Å². The van der Waals surface area contributed by atoms with Crippen LogP contribution in [0.3, 0.4) is 0 Å². The van der Waals surface area contributed by atoms with E-state index in [4.69, 9.17) is 4.18 Å². The standard InChI is InChI=1S/C22H27F3N2O4S/c1-15(2)13-27(21(28)26-16(3)4)14-17-7-5-9-19(11-17)31-32(29,30)20-10-6-8-18(12-20)22(23,24)25/h5-12,15-16H,13-14H2,1-4H3,(H,26,28). The first-order chi connectivity index (χ1) is 14.8. The van der Waals surface area contributed by atoms with Gasteiger partial charge in [-0.2, -0.15) is 21.6 Å². The summed E-state index contributed by atoms with van der Waals surface area (Å²) in [5, 5.41) is 2.83. The van der Waals surface area contributed by atoms with Gasteiger partial charge in [0.25, 0.3) is 0 Å². The molecule has 176 valence electrons. The molecule has 0 heterocycles. The lowest BCUT2D eigenvalue weighted by Gasteiger charge is -2.26. The van der Waals surface area contributed by atoms with E-state index in [0.717, 1.165) is 18.2 Å². The Hall–Kier alpha value is -2.75. The van der Waals surface area contributed by atoms with Gasteiger partial charge >= 0.3 is 22.3 Å². The summed E-state index contributed by atoms with van der Waals surface area (Å²) < 4.78 is 68.9. The van der Waals surface area contributed by atoms with Crippen molar-refractivity contribution in [2.75, 3.05) is 6.54 Å². The van der Waals surface area contributed by atoms with E-state index >= 15 is 0 Å². The molecule has 0 spiro atoms. The maximum absolute atomic E-state index is 12.9. The second kappa shape index (κ2) is 10.2. The smallest absolute Gasteiger partial charge is 0.379 e. The fraction of sp³-hybridized carbons (Fsp3) is 0.409. The van der Waals surface area contributed by atoms with Crippen LogP contribution >= 0.6 is 0 Å². The van der Waals surface area contributed by atoms with Crippen LogP contribution in [0.4, 0.5) is 18.0 Å². The Morgan fingerprint density at radius 1 is 1.06 bits per heavy atom. The van der Waals surface area contributed by atoms with Gasteiger partial charge in [-0.1, -0.05) is 32.0 Å². The third kappa shape index (κ3) is 7.44. The molecule has 0 aliphatic rings. The van der Waals surface area contributed by atoms with Crippen molar-refractivity contribution in [3.05, 3.63) is 59.7 Å². The average Bonchev–Trinajstić information content (AvgIpc) is 2.66. The molecular formula is C22H27F3N2O4S. The highest BCUT2D eigenvalue weighted by Crippen LogP contribution is 2.31. The van der Waals surface area contributed by atoms with E-state index in [2.05, 4.69) is 5.32 Å². The third-order valence-corrected chi connectivity index (χ3v) is 5.46. The van der Waals surface area contributed by atoms with Crippen molar-refractivity contribution in [1.29, 1.82) is 0 Å². The number of rotatable bonds is 8. The van der Waals surface area contributed by atoms with E-state index < -0.39 is 26.8 Å². The lowest BCUT2D eigenvalue weighted by atomic mass is 10.1. The Labute approximate surface area is 186 Å². The molecule has 6 nitrogen and oxygen atoms in total. The van der Waals surface area contributed by atoms with Gasteiger partial charge in [-0.15, -0.1) is 0 Å². The number of urea groups is 1. The monoisotopic (exact) mass is 472 g/mol. The van der Waals surface area contributed by atoms with Crippen LogP contribution in [0, 0.1) is 5.92 Å². The molecule has 0 unspecified atom stereocenters. The molecule has 2 rings (SSSR count). The number of carbonyl (C=O) groups excluding carboxylic acids is 1. The number of hydrogen-bond acceptors (Lipinski definition) is 4. The van der Waals surface area contributed by atoms with Gasteiger partial charge in [0.2, 0.25) is 0 Å². The van der Waals surface area contributed by atoms with Crippen LogP contribution in [-0.4, -0.2) is 31.9 Å². The van der Waals surface area contributed by atoms with E-state index in [1.165, 1.54) is 12.1 Å². The number of nitrogens with zero attached hydrogens (tertiary/aromatic N) is 1. The average molecular weight is 473 g/mol. The Morgan fingerprint density at radius 3 is 2.31 bits per heavy atom. The first kappa shape index (κ1) is 25.5. The van der Waals surface area contributed by atoms with Gasteiger partial charge in [0.05, 0.1) is 5.56 Å². The largest absolute Gasteiger partial charge is 0.416 e. The normalized spacial score (nSPS) is 12.2. The quantitative estimate of drug-likeness (QED) is 0.546. The topological polar surface area (TPSA) is 75.7 Å². The summed E-state index contributed by atoms with van der Waals surface area (Å²) in [6.07, 6.45) is -4.68. The molecule has 2 amide bonds. The van der Waals surface area contributed by atoms with Crippen molar-refractivity contribution in [3.8, 4) is 5.75 Å². The Bertz CT molecular complexity index is 1040. The predicted octanol–water partition coefficient (Wildman–Crippen LogP) is 5.05. The van der Waals surface area contributed by atoms with E-state index in [1.807, 2.05) is 27.7 Å². The van der Waals surface area contributed by atoms with Gasteiger partial charge in [0.1, 0.15) is 10.6 Å². The predicted molar refractivity (Wildman–Crippen MR) is 115 cm³/mol. The number of alkyl halides is 3. The summed E-state index contributed by atoms with van der Waals surface area (Å²) in [7, 11) is -4.49. The number of carbonyl (C=O) groups is 1. The summed E-state index contributed by atoms with van der Waals surface area (Å²) >= 11 is 0. The van der Waals surface area contributed by atoms with Crippen LogP contribution in [0.15, 0.2) is 53.4 Å². The van der Waals surface area contributed by atoms with Gasteiger partial charge in [0.15, 0.2) is 0 Å². The van der Waals surface area contributed by atoms with Gasteiger partial charge in [-0.05, 0) is 55.7 Å². The highest BCUT2D eigenvalue weighted by Gasteiger charge is 2.32. The van der Waals surface area contributed by atoms with Crippen molar-refractivity contribution < 1.29 is 30.6 Å². The molecule has 0 bridgehead atoms. The first-order valence-electron chi connectivity index (χ1n) is 10.0. The van der Waals surface area contributed by atoms with Crippen LogP contribution in [0.25, 0.3) is 0 Å². The highest BCUT2D eigenvalue weighted by molar-refractivity contribution is 7.87. The maximum atomic E-state index is 12.9. The summed E-state index contributed by atoms with van der Waals surface area (Å²) in [5.41, 5.74) is -0.474. The molecule has 0 atom stereocenters. The Morgan fingerprint density at radius 2 is 1.72 bits per heavy atom. The van der Waals surface area contributed by atoms with Crippen molar-refractivity contribution >= 4 is 16.1 Å². The van der Waals surface area contributed by atoms with Crippen LogP contribution in [-0.2, 0) is 22.8 Å². The molecule has 32 heavy (non-hydrogen) atoms. The van der Waals surface area contributed by atoms with Crippen LogP contribution in [0.2, 0.25) is 0 Å². The van der Waals surface area contributed by atoms with Crippen molar-refractivity contribution in [1.82, 2.24) is 10.2 Å². The number of nitrogens with one attached hydrogen (secondary N) is 1. The molecule has 1 N–H and O–H groups in total. The second-order valence-electron chi connectivity index (χ2n) is 8.09. The van der Waals surface area contributed by atoms with E-state index in [9.17, 15) is 26.4 Å². The van der Waals surface area contributed by atoms with Gasteiger partial charge in [0, 0.05) is 19.1 Å². The summed E-state index contributed by atoms with van der Waals surface area (Å²) in [6, 6.07) is 9.14. The Balaban J connectivity index is 2.24. The fourth-order valence-electron chi connectivity index (χ4n) is 2.92. The van der Waals surface area contributed by atoms with E-state index in [1.54, 1.807) is 17.0 Å². The number of halogens is 3. The zero-order valence-corrected chi connectivity index (χ0v) is 19.1. The maximum Gasteiger partial charge on any atom is 0.416 e. The molecular weight excluding hydrogens is 445 g/mol. The molecule has 0 radical (unpaired) electrons. The molecule has 2 aromatic carbocycles. The van der Waals surface area contributed by atoms with Crippen molar-refractivity contribution in [2.24, 2.45) is 5.92 Å². The number of amides is 2. The van der Waals surface area contributed by atoms with E-state index in [-0.39, 0.29) is 30.3 Å². The first-order valence-corrected chi connectivity index (χ1v) is 11.4. The molecule has 10 heteroatoms. The van der Waals surface area contributed by atoms with Gasteiger partial charge in [-0.3, -0.25) is 0 Å². The molecule has 0 aromatic heterocycles. The molecule has 0 saturated heterocycles. The second-order valence-corrected chi connectivity index (χ2v) is 9.64. The zero-order chi connectivity index (χ0) is 24.1. The molecule has 0 fully saturated rings. The minimum absolute atomic E-state index is 0.0514. The third-order valence-electron chi connectivity index (χ3n) is 4.21. The summed E-state index contributed by atoms with van der Waals surface area (Å²) in [5.74, 6) is 0.141. The zero-order valence-electron chi connectivity index (χ0n) is 18.3. The number of hydrogen-bond donors (Lipinski definition) is 1. The van der Waals surface area contributed by atoms with Crippen molar-refractivity contribution in [3.63, 3.8) is 0 Å². The fourth-order valence-corrected chi connectivity index (χ4v) is 3.89. The van der Waals surface area contributed by atoms with Gasteiger partial charge in [-0.25, -0.2) is 4.79 Å². The molecule has 0 saturated carbocycles. The van der Waals surface area contributed by atoms with Crippen molar-refractivity contribution in [2.45, 2.75) is 51.4 Å². The molecule has 0 aliphatic carbocycles. The summed E-state index contributed by atoms with van der Waals surface area (Å²) in [6.45, 7) is 8.31. The van der Waals surface area contributed by atoms with E-state index in [0.29, 0.717) is 18.2 Å². The van der Waals surface area contributed by atoms with Crippen LogP contribution in [0.1, 0.15) is 38.8 Å². The SMILES string of the molecule is CC(C)CN(Cc1cccc(OS(=O)(=O)c2cccc(C(F)(F)F)c2)c1)C(=O)NC(C)C. The Kier molecular flexibility index (Phi) is 8.17. The highest BCUT2D eigenvalue weighted by atomic mass is 32.2. The minimum atomic E-state index is -4.68. The van der Waals surface area contributed by atoms with Crippen LogP contribution in [0.5, 0.6) is 5.75 Å². The molecule has 2 aromatic rings. The lowest BCUT2D eigenvalue weighted by Crippen LogP contribution is -2.44. The minimum Gasteiger partial charge on any atom is -0.379 e. The summed E-state index contributed by atoms with van der Waals surface area (Å²) in [4.78, 5) is 13.5. The van der Waals surface area contributed by atoms with Gasteiger partial charge < -0.3 is 14.4 Å². The number of benzene rings is 2. The molecule has 0 aliphatic heterocycles.